The van der Waals surface area contributed by atoms with Gasteiger partial charge in [0.2, 0.25) is 5.89 Å². The number of nitrogens with zero attached hydrogens (tertiary/aromatic N) is 4. The molecule has 2 aromatic carbocycles. The van der Waals surface area contributed by atoms with Gasteiger partial charge in [-0.2, -0.15) is 0 Å². The predicted molar refractivity (Wildman–Crippen MR) is 131 cm³/mol. The maximum Gasteiger partial charge on any atom is 0.308 e. The van der Waals surface area contributed by atoms with Crippen molar-refractivity contribution in [3.05, 3.63) is 74.9 Å². The molecule has 2 heterocycles. The summed E-state index contributed by atoms with van der Waals surface area (Å²) in [6.45, 7) is 5.30. The summed E-state index contributed by atoms with van der Waals surface area (Å²) in [7, 11) is 0. The molecule has 0 saturated carbocycles. The van der Waals surface area contributed by atoms with Crippen molar-refractivity contribution in [2.24, 2.45) is 0 Å². The van der Waals surface area contributed by atoms with Crippen LogP contribution in [-0.2, 0) is 6.42 Å². The van der Waals surface area contributed by atoms with Crippen LogP contribution in [-0.4, -0.2) is 60.3 Å². The Balaban J connectivity index is 1.17. The van der Waals surface area contributed by atoms with Gasteiger partial charge in [-0.15, -0.1) is 10.2 Å². The summed E-state index contributed by atoms with van der Waals surface area (Å²) >= 11 is 18.2. The first-order valence-corrected chi connectivity index (χ1v) is 11.9. The molecule has 1 saturated heterocycles. The Bertz CT molecular complexity index is 1100. The number of hydrogen-bond donors (Lipinski definition) is 1. The van der Waals surface area contributed by atoms with Gasteiger partial charge in [0, 0.05) is 53.5 Å². The normalized spacial score (nSPS) is 14.5. The van der Waals surface area contributed by atoms with E-state index in [1.54, 1.807) is 18.2 Å². The van der Waals surface area contributed by atoms with E-state index >= 15 is 0 Å². The number of hydrogen-bond acceptors (Lipinski definition) is 6. The van der Waals surface area contributed by atoms with Gasteiger partial charge in [0.15, 0.2) is 0 Å². The van der Waals surface area contributed by atoms with Gasteiger partial charge in [-0.1, -0.05) is 46.9 Å². The molecule has 1 aromatic heterocycles. The Hall–Kier alpha value is -2.32. The Labute approximate surface area is 207 Å². The van der Waals surface area contributed by atoms with Crippen molar-refractivity contribution < 1.29 is 9.21 Å². The number of nitrogens with one attached hydrogen (secondary N) is 1. The molecular weight excluding hydrogens is 485 g/mol. The molecule has 1 amide bonds. The van der Waals surface area contributed by atoms with Crippen LogP contribution in [0.3, 0.4) is 0 Å². The molecule has 7 nitrogen and oxygen atoms in total. The van der Waals surface area contributed by atoms with Crippen LogP contribution in [0.25, 0.3) is 0 Å². The molecule has 1 aliphatic heterocycles. The van der Waals surface area contributed by atoms with Gasteiger partial charge in [-0.3, -0.25) is 9.69 Å². The first-order valence-electron chi connectivity index (χ1n) is 10.8. The average Bonchev–Trinajstić information content (AvgIpc) is 3.28. The van der Waals surface area contributed by atoms with E-state index in [1.165, 1.54) is 0 Å². The minimum atomic E-state index is -0.373. The quantitative estimate of drug-likeness (QED) is 0.450. The van der Waals surface area contributed by atoms with Crippen molar-refractivity contribution >= 4 is 46.4 Å². The number of aromatic nitrogens is 2. The summed E-state index contributed by atoms with van der Waals surface area (Å²) in [6, 6.07) is 13.1. The van der Waals surface area contributed by atoms with Gasteiger partial charge in [-0.05, 0) is 48.9 Å². The van der Waals surface area contributed by atoms with Crippen molar-refractivity contribution in [3.8, 4) is 0 Å². The van der Waals surface area contributed by atoms with Crippen molar-refractivity contribution in [2.45, 2.75) is 12.8 Å². The number of rotatable bonds is 8. The van der Waals surface area contributed by atoms with Crippen molar-refractivity contribution in [1.82, 2.24) is 20.4 Å². The Morgan fingerprint density at radius 2 is 1.79 bits per heavy atom. The number of carbonyl (C=O) groups excluding carboxylic acids is 1. The highest BCUT2D eigenvalue weighted by molar-refractivity contribution is 6.35. The second-order valence-electron chi connectivity index (χ2n) is 7.83. The fourth-order valence-corrected chi connectivity index (χ4v) is 4.39. The molecule has 3 aromatic rings. The predicted octanol–water partition coefficient (Wildman–Crippen LogP) is 4.56. The minimum absolute atomic E-state index is 0.0507. The van der Waals surface area contributed by atoms with E-state index in [2.05, 4.69) is 31.4 Å². The van der Waals surface area contributed by atoms with Gasteiger partial charge >= 0.3 is 11.8 Å². The molecule has 1 fully saturated rings. The molecule has 1 N–H and O–H groups in total. The fraction of sp³-hybridized carbons (Fsp3) is 0.348. The lowest BCUT2D eigenvalue weighted by Gasteiger charge is -2.36. The van der Waals surface area contributed by atoms with Crippen LogP contribution in [0, 0.1) is 0 Å². The fourth-order valence-electron chi connectivity index (χ4n) is 3.73. The van der Waals surface area contributed by atoms with Gasteiger partial charge in [0.05, 0.1) is 6.42 Å². The number of amides is 1. The Morgan fingerprint density at radius 3 is 2.55 bits per heavy atom. The summed E-state index contributed by atoms with van der Waals surface area (Å²) < 4.78 is 5.49. The Kier molecular flexibility index (Phi) is 8.09. The van der Waals surface area contributed by atoms with Crippen molar-refractivity contribution in [3.63, 3.8) is 0 Å². The van der Waals surface area contributed by atoms with Gasteiger partial charge in [0.25, 0.3) is 0 Å². The van der Waals surface area contributed by atoms with Gasteiger partial charge in [-0.25, -0.2) is 0 Å². The largest absolute Gasteiger partial charge is 0.417 e. The van der Waals surface area contributed by atoms with Crippen LogP contribution < -0.4 is 10.2 Å². The number of benzene rings is 2. The van der Waals surface area contributed by atoms with Crippen LogP contribution in [0.15, 0.2) is 46.9 Å². The molecule has 174 valence electrons. The first-order chi connectivity index (χ1) is 16.0. The number of halogens is 3. The van der Waals surface area contributed by atoms with E-state index in [1.807, 2.05) is 18.2 Å². The molecule has 4 rings (SSSR count). The molecule has 1 aliphatic rings. The van der Waals surface area contributed by atoms with E-state index in [9.17, 15) is 4.79 Å². The van der Waals surface area contributed by atoms with Crippen LogP contribution in [0.5, 0.6) is 0 Å². The van der Waals surface area contributed by atoms with Crippen LogP contribution >= 0.6 is 34.8 Å². The molecule has 33 heavy (non-hydrogen) atoms. The summed E-state index contributed by atoms with van der Waals surface area (Å²) in [5.41, 5.74) is 1.96. The third kappa shape index (κ3) is 6.60. The lowest BCUT2D eigenvalue weighted by molar-refractivity contribution is 0.0915. The lowest BCUT2D eigenvalue weighted by atomic mass is 10.1. The van der Waals surface area contributed by atoms with E-state index < -0.39 is 0 Å². The topological polar surface area (TPSA) is 74.5 Å². The van der Waals surface area contributed by atoms with Gasteiger partial charge in [0.1, 0.15) is 0 Å². The molecule has 0 unspecified atom stereocenters. The molecule has 0 spiro atoms. The maximum absolute atomic E-state index is 12.3. The lowest BCUT2D eigenvalue weighted by Crippen LogP contribution is -2.47. The zero-order valence-electron chi connectivity index (χ0n) is 17.9. The minimum Gasteiger partial charge on any atom is -0.417 e. The maximum atomic E-state index is 12.3. The zero-order valence-corrected chi connectivity index (χ0v) is 20.2. The molecule has 10 heteroatoms. The second kappa shape index (κ2) is 11.2. The highest BCUT2D eigenvalue weighted by Crippen LogP contribution is 2.23. The third-order valence-corrected chi connectivity index (χ3v) is 6.32. The van der Waals surface area contributed by atoms with Crippen LogP contribution in [0.2, 0.25) is 15.1 Å². The van der Waals surface area contributed by atoms with Crippen molar-refractivity contribution in [2.75, 3.05) is 44.2 Å². The molecular formula is C23H24Cl3N5O2. The number of anilines is 1. The first kappa shape index (κ1) is 23.8. The smallest absolute Gasteiger partial charge is 0.308 e. The highest BCUT2D eigenvalue weighted by Gasteiger charge is 2.18. The highest BCUT2D eigenvalue weighted by atomic mass is 35.5. The molecule has 0 radical (unpaired) electrons. The summed E-state index contributed by atoms with van der Waals surface area (Å²) in [5.74, 6) is -0.103. The third-order valence-electron chi connectivity index (χ3n) is 5.50. The number of piperazine rings is 1. The molecule has 0 atom stereocenters. The van der Waals surface area contributed by atoms with E-state index in [0.29, 0.717) is 28.9 Å². The average molecular weight is 509 g/mol. The molecule has 0 bridgehead atoms. The summed E-state index contributed by atoms with van der Waals surface area (Å²) in [4.78, 5) is 17.1. The summed E-state index contributed by atoms with van der Waals surface area (Å²) in [6.07, 6.45) is 1.17. The van der Waals surface area contributed by atoms with Crippen molar-refractivity contribution in [1.29, 1.82) is 0 Å². The summed E-state index contributed by atoms with van der Waals surface area (Å²) in [5, 5.41) is 12.5. The standard InChI is InChI=1S/C23H24Cl3N5O2/c24-17-3-1-4-19(14-17)31-11-9-30(10-12-31)8-2-7-27-22(32)23-29-28-21(33-23)13-16-5-6-18(25)15-20(16)26/h1,3-6,14-15H,2,7-13H2,(H,27,32). The SMILES string of the molecule is O=C(NCCCN1CCN(c2cccc(Cl)c2)CC1)c1nnc(Cc2ccc(Cl)cc2Cl)o1. The Morgan fingerprint density at radius 1 is 1.00 bits per heavy atom. The molecule has 0 aliphatic carbocycles. The van der Waals surface area contributed by atoms with Gasteiger partial charge < -0.3 is 14.6 Å². The monoisotopic (exact) mass is 507 g/mol. The number of carbonyl (C=O) groups is 1. The zero-order chi connectivity index (χ0) is 23.2. The van der Waals surface area contributed by atoms with E-state index in [4.69, 9.17) is 39.2 Å². The van der Waals surface area contributed by atoms with Crippen LogP contribution in [0.4, 0.5) is 5.69 Å². The second-order valence-corrected chi connectivity index (χ2v) is 9.11. The van der Waals surface area contributed by atoms with E-state index in [0.717, 1.165) is 55.4 Å². The van der Waals surface area contributed by atoms with Crippen LogP contribution in [0.1, 0.15) is 28.6 Å². The van der Waals surface area contributed by atoms with E-state index in [-0.39, 0.29) is 11.8 Å².